The number of rotatable bonds is 6. The SMILES string of the molecule is CC=COc1ccc(C(=O)C(=Cc2ccncc2)c2nc3ccccc3o2)cc1. The third kappa shape index (κ3) is 4.14. The van der Waals surface area contributed by atoms with Crippen molar-refractivity contribution in [2.24, 2.45) is 0 Å². The summed E-state index contributed by atoms with van der Waals surface area (Å²) < 4.78 is 11.3. The van der Waals surface area contributed by atoms with E-state index in [9.17, 15) is 4.79 Å². The van der Waals surface area contributed by atoms with Crippen molar-refractivity contribution in [1.82, 2.24) is 9.97 Å². The van der Waals surface area contributed by atoms with E-state index in [0.717, 1.165) is 5.56 Å². The number of para-hydroxylation sites is 2. The number of hydrogen-bond donors (Lipinski definition) is 0. The van der Waals surface area contributed by atoms with Crippen LogP contribution in [0.2, 0.25) is 0 Å². The van der Waals surface area contributed by atoms with Gasteiger partial charge in [-0.2, -0.15) is 0 Å². The van der Waals surface area contributed by atoms with Crippen molar-refractivity contribution in [2.75, 3.05) is 0 Å². The van der Waals surface area contributed by atoms with Gasteiger partial charge in [0.15, 0.2) is 11.4 Å². The number of ether oxygens (including phenoxy) is 1. The van der Waals surface area contributed by atoms with Crippen molar-refractivity contribution in [3.05, 3.63) is 102 Å². The number of ketones is 1. The van der Waals surface area contributed by atoms with Gasteiger partial charge >= 0.3 is 0 Å². The number of carbonyl (C=O) groups is 1. The van der Waals surface area contributed by atoms with Crippen molar-refractivity contribution < 1.29 is 13.9 Å². The predicted octanol–water partition coefficient (Wildman–Crippen LogP) is 5.56. The fourth-order valence-electron chi connectivity index (χ4n) is 2.83. The van der Waals surface area contributed by atoms with Crippen molar-refractivity contribution in [3.63, 3.8) is 0 Å². The van der Waals surface area contributed by atoms with Gasteiger partial charge < -0.3 is 9.15 Å². The molecule has 0 saturated carbocycles. The van der Waals surface area contributed by atoms with Crippen LogP contribution in [0.3, 0.4) is 0 Å². The molecule has 0 spiro atoms. The molecule has 2 aromatic carbocycles. The van der Waals surface area contributed by atoms with Gasteiger partial charge in [-0.25, -0.2) is 4.98 Å². The molecule has 5 heteroatoms. The smallest absolute Gasteiger partial charge is 0.231 e. The molecule has 0 aliphatic carbocycles. The average Bonchev–Trinajstić information content (AvgIpc) is 3.20. The van der Waals surface area contributed by atoms with Crippen molar-refractivity contribution in [1.29, 1.82) is 0 Å². The summed E-state index contributed by atoms with van der Waals surface area (Å²) in [7, 11) is 0. The molecule has 0 fully saturated rings. The first-order chi connectivity index (χ1) is 14.2. The van der Waals surface area contributed by atoms with Crippen LogP contribution in [-0.4, -0.2) is 15.8 Å². The first kappa shape index (κ1) is 18.4. The molecular formula is C24H18N2O3. The summed E-state index contributed by atoms with van der Waals surface area (Å²) in [6.07, 6.45) is 8.49. The molecule has 2 aromatic heterocycles. The molecule has 2 heterocycles. The summed E-state index contributed by atoms with van der Waals surface area (Å²) in [5.41, 5.74) is 3.05. The summed E-state index contributed by atoms with van der Waals surface area (Å²) >= 11 is 0. The zero-order valence-corrected chi connectivity index (χ0v) is 15.8. The molecule has 5 nitrogen and oxygen atoms in total. The van der Waals surface area contributed by atoms with Crippen LogP contribution in [0.15, 0.2) is 89.8 Å². The van der Waals surface area contributed by atoms with Crippen LogP contribution in [0, 0.1) is 0 Å². The van der Waals surface area contributed by atoms with Gasteiger partial charge in [0.1, 0.15) is 11.3 Å². The molecule has 29 heavy (non-hydrogen) atoms. The second-order valence-corrected chi connectivity index (χ2v) is 6.27. The largest absolute Gasteiger partial charge is 0.465 e. The Morgan fingerprint density at radius 2 is 1.76 bits per heavy atom. The lowest BCUT2D eigenvalue weighted by molar-refractivity contribution is 0.105. The molecule has 0 atom stereocenters. The van der Waals surface area contributed by atoms with Crippen LogP contribution in [-0.2, 0) is 0 Å². The number of allylic oxidation sites excluding steroid dienone is 2. The number of carbonyl (C=O) groups excluding carboxylic acids is 1. The lowest BCUT2D eigenvalue weighted by atomic mass is 10.0. The highest BCUT2D eigenvalue weighted by Crippen LogP contribution is 2.26. The Kier molecular flexibility index (Phi) is 5.29. The molecule has 0 radical (unpaired) electrons. The minimum absolute atomic E-state index is 0.189. The van der Waals surface area contributed by atoms with E-state index in [2.05, 4.69) is 9.97 Å². The van der Waals surface area contributed by atoms with E-state index in [1.54, 1.807) is 55.1 Å². The first-order valence-corrected chi connectivity index (χ1v) is 9.15. The Hall–Kier alpha value is -3.99. The third-order valence-corrected chi connectivity index (χ3v) is 4.24. The summed E-state index contributed by atoms with van der Waals surface area (Å²) in [6.45, 7) is 1.87. The molecule has 0 saturated heterocycles. The Balaban J connectivity index is 1.75. The maximum Gasteiger partial charge on any atom is 0.231 e. The highest BCUT2D eigenvalue weighted by atomic mass is 16.5. The number of oxazole rings is 1. The highest BCUT2D eigenvalue weighted by molar-refractivity contribution is 6.31. The van der Waals surface area contributed by atoms with Gasteiger partial charge in [-0.3, -0.25) is 9.78 Å². The maximum absolute atomic E-state index is 13.3. The Bertz CT molecular complexity index is 1160. The van der Waals surface area contributed by atoms with Crippen LogP contribution >= 0.6 is 0 Å². The van der Waals surface area contributed by atoms with Crippen LogP contribution in [0.25, 0.3) is 22.7 Å². The molecule has 0 N–H and O–H groups in total. The second-order valence-electron chi connectivity index (χ2n) is 6.27. The van der Waals surface area contributed by atoms with Gasteiger partial charge in [0.25, 0.3) is 0 Å². The standard InChI is InChI=1S/C24H18N2O3/c1-2-15-28-19-9-7-18(8-10-19)23(27)20(16-17-11-13-25-14-12-17)24-26-21-5-3-4-6-22(21)29-24/h2-16H,1H3. The maximum atomic E-state index is 13.3. The highest BCUT2D eigenvalue weighted by Gasteiger charge is 2.20. The molecular weight excluding hydrogens is 364 g/mol. The number of pyridine rings is 1. The Morgan fingerprint density at radius 1 is 1.00 bits per heavy atom. The van der Waals surface area contributed by atoms with Gasteiger partial charge in [-0.05, 0) is 67.1 Å². The van der Waals surface area contributed by atoms with Crippen LogP contribution in [0.5, 0.6) is 5.75 Å². The van der Waals surface area contributed by atoms with E-state index in [4.69, 9.17) is 9.15 Å². The van der Waals surface area contributed by atoms with Crippen molar-refractivity contribution in [3.8, 4) is 5.75 Å². The average molecular weight is 382 g/mol. The summed E-state index contributed by atoms with van der Waals surface area (Å²) in [6, 6.07) is 18.0. The topological polar surface area (TPSA) is 65.2 Å². The van der Waals surface area contributed by atoms with Gasteiger partial charge in [0.2, 0.25) is 5.89 Å². The van der Waals surface area contributed by atoms with Gasteiger partial charge in [-0.1, -0.05) is 18.2 Å². The van der Waals surface area contributed by atoms with E-state index in [-0.39, 0.29) is 11.7 Å². The zero-order valence-electron chi connectivity index (χ0n) is 15.8. The molecule has 0 aliphatic heterocycles. The minimum Gasteiger partial charge on any atom is -0.465 e. The van der Waals surface area contributed by atoms with Crippen LogP contribution < -0.4 is 4.74 Å². The predicted molar refractivity (Wildman–Crippen MR) is 112 cm³/mol. The molecule has 0 amide bonds. The summed E-state index contributed by atoms with van der Waals surface area (Å²) in [4.78, 5) is 21.8. The number of benzene rings is 2. The molecule has 4 rings (SSSR count). The molecule has 0 aliphatic rings. The minimum atomic E-state index is -0.189. The molecule has 0 unspecified atom stereocenters. The van der Waals surface area contributed by atoms with Crippen molar-refractivity contribution >= 4 is 28.5 Å². The quantitative estimate of drug-likeness (QED) is 0.248. The lowest BCUT2D eigenvalue weighted by Crippen LogP contribution is -2.03. The molecule has 0 bridgehead atoms. The van der Waals surface area contributed by atoms with E-state index >= 15 is 0 Å². The fraction of sp³-hybridized carbons (Fsp3) is 0.0417. The number of hydrogen-bond acceptors (Lipinski definition) is 5. The first-order valence-electron chi connectivity index (χ1n) is 9.15. The van der Waals surface area contributed by atoms with Crippen LogP contribution in [0.1, 0.15) is 28.7 Å². The fourth-order valence-corrected chi connectivity index (χ4v) is 2.83. The summed E-state index contributed by atoms with van der Waals surface area (Å²) in [5.74, 6) is 0.745. The van der Waals surface area contributed by atoms with Gasteiger partial charge in [0, 0.05) is 18.0 Å². The zero-order chi connectivity index (χ0) is 20.1. The van der Waals surface area contributed by atoms with Crippen molar-refractivity contribution in [2.45, 2.75) is 6.92 Å². The Labute approximate surface area is 168 Å². The number of aromatic nitrogens is 2. The molecule has 142 valence electrons. The monoisotopic (exact) mass is 382 g/mol. The van der Waals surface area contributed by atoms with E-state index < -0.39 is 0 Å². The number of fused-ring (bicyclic) bond motifs is 1. The number of Topliss-reactive ketones (excluding diaryl/α,β-unsaturated/α-hetero) is 1. The second kappa shape index (κ2) is 8.35. The van der Waals surface area contributed by atoms with Gasteiger partial charge in [-0.15, -0.1) is 0 Å². The lowest BCUT2D eigenvalue weighted by Gasteiger charge is -2.05. The molecule has 4 aromatic rings. The van der Waals surface area contributed by atoms with Crippen LogP contribution in [0.4, 0.5) is 0 Å². The normalized spacial score (nSPS) is 11.8. The number of nitrogens with zero attached hydrogens (tertiary/aromatic N) is 2. The Morgan fingerprint density at radius 3 is 2.48 bits per heavy atom. The van der Waals surface area contributed by atoms with Gasteiger partial charge in [0.05, 0.1) is 11.8 Å². The van der Waals surface area contributed by atoms with E-state index in [1.165, 1.54) is 0 Å². The van der Waals surface area contributed by atoms with E-state index in [0.29, 0.717) is 28.0 Å². The third-order valence-electron chi connectivity index (χ3n) is 4.24. The summed E-state index contributed by atoms with van der Waals surface area (Å²) in [5, 5.41) is 0. The van der Waals surface area contributed by atoms with E-state index in [1.807, 2.05) is 43.3 Å².